The van der Waals surface area contributed by atoms with E-state index in [1.54, 1.807) is 17.5 Å². The van der Waals surface area contributed by atoms with Crippen molar-refractivity contribution in [2.75, 3.05) is 23.8 Å². The molecule has 2 aliphatic rings. The predicted octanol–water partition coefficient (Wildman–Crippen LogP) is 1.04. The van der Waals surface area contributed by atoms with Gasteiger partial charge in [-0.05, 0) is 12.1 Å². The molecular formula is C15H12N8O2. The van der Waals surface area contributed by atoms with Crippen molar-refractivity contribution in [2.24, 2.45) is 4.99 Å². The van der Waals surface area contributed by atoms with Gasteiger partial charge in [-0.3, -0.25) is 4.57 Å². The Bertz CT molecular complexity index is 1020. The highest BCUT2D eigenvalue weighted by Gasteiger charge is 2.38. The van der Waals surface area contributed by atoms with Crippen LogP contribution in [-0.2, 0) is 4.74 Å². The van der Waals surface area contributed by atoms with Crippen molar-refractivity contribution in [3.05, 3.63) is 48.5 Å². The van der Waals surface area contributed by atoms with Crippen LogP contribution in [0.1, 0.15) is 5.56 Å². The molecule has 0 saturated carbocycles. The van der Waals surface area contributed by atoms with Crippen LogP contribution < -0.4 is 10.0 Å². The number of aliphatic imine (C=N–C) groups is 1. The van der Waals surface area contributed by atoms with Gasteiger partial charge in [0, 0.05) is 5.56 Å². The molecule has 0 atom stereocenters. The van der Waals surface area contributed by atoms with Gasteiger partial charge in [-0.15, -0.1) is 9.78 Å². The zero-order valence-corrected chi connectivity index (χ0v) is 13.1. The van der Waals surface area contributed by atoms with E-state index in [0.717, 1.165) is 27.6 Å². The average molecular weight is 336 g/mol. The first-order valence-electron chi connectivity index (χ1n) is 7.53. The first-order chi connectivity index (χ1) is 12.3. The largest absolute Gasteiger partial charge is 0.451 e. The van der Waals surface area contributed by atoms with E-state index in [9.17, 15) is 4.79 Å². The van der Waals surface area contributed by atoms with Crippen molar-refractivity contribution in [1.82, 2.24) is 24.5 Å². The summed E-state index contributed by atoms with van der Waals surface area (Å²) >= 11 is 0. The number of para-hydroxylation sites is 1. The molecule has 10 heteroatoms. The number of amidine groups is 1. The Balaban J connectivity index is 1.66. The number of nitrogens with zero attached hydrogens (tertiary/aromatic N) is 8. The number of carbonyl (C=O) groups excluding carboxylic acids is 1. The fourth-order valence-corrected chi connectivity index (χ4v) is 3.11. The number of carbonyl (C=O) groups is 1. The molecule has 0 amide bonds. The average Bonchev–Trinajstić information content (AvgIpc) is 3.38. The standard InChI is InChI=1S/C15H12N8O2/c1-25-15(24)22-13(7-18-19-22)21-9-17-14-10-4-2-3-5-11(10)20-8-16-6-12(20)23(14)21/h2-8H,9H2,1H3. The lowest BCUT2D eigenvalue weighted by molar-refractivity contribution is 0.169. The number of anilines is 2. The molecule has 2 aromatic heterocycles. The fourth-order valence-electron chi connectivity index (χ4n) is 3.11. The fraction of sp³-hybridized carbons (Fsp3) is 0.133. The van der Waals surface area contributed by atoms with Gasteiger partial charge in [0.15, 0.2) is 17.5 Å². The number of hydrogen-bond donors (Lipinski definition) is 0. The van der Waals surface area contributed by atoms with E-state index < -0.39 is 6.09 Å². The molecule has 0 bridgehead atoms. The van der Waals surface area contributed by atoms with Crippen LogP contribution in [0.2, 0.25) is 0 Å². The Morgan fingerprint density at radius 3 is 2.96 bits per heavy atom. The number of benzene rings is 1. The normalized spacial score (nSPS) is 14.7. The lowest BCUT2D eigenvalue weighted by atomic mass is 10.1. The molecule has 0 saturated heterocycles. The third kappa shape index (κ3) is 1.75. The zero-order chi connectivity index (χ0) is 17.0. The minimum atomic E-state index is -0.619. The van der Waals surface area contributed by atoms with Crippen LogP contribution in [0.15, 0.2) is 48.0 Å². The smallest absolute Gasteiger partial charge is 0.437 e. The molecule has 0 fully saturated rings. The maximum absolute atomic E-state index is 11.9. The lowest BCUT2D eigenvalue weighted by Gasteiger charge is -2.34. The first-order valence-corrected chi connectivity index (χ1v) is 7.53. The maximum Gasteiger partial charge on any atom is 0.437 e. The summed E-state index contributed by atoms with van der Waals surface area (Å²) in [5.41, 5.74) is 1.99. The van der Waals surface area contributed by atoms with E-state index in [1.807, 2.05) is 33.8 Å². The molecule has 0 radical (unpaired) electrons. The summed E-state index contributed by atoms with van der Waals surface area (Å²) in [6.45, 7) is 0.319. The van der Waals surface area contributed by atoms with Crippen molar-refractivity contribution < 1.29 is 9.53 Å². The summed E-state index contributed by atoms with van der Waals surface area (Å²) < 4.78 is 7.83. The van der Waals surface area contributed by atoms with Crippen LogP contribution in [-0.4, -0.2) is 50.3 Å². The van der Waals surface area contributed by atoms with Gasteiger partial charge in [-0.2, -0.15) is 0 Å². The van der Waals surface area contributed by atoms with Crippen LogP contribution in [0.3, 0.4) is 0 Å². The molecule has 4 heterocycles. The molecule has 1 aromatic carbocycles. The molecule has 10 nitrogen and oxygen atoms in total. The summed E-state index contributed by atoms with van der Waals surface area (Å²) in [5.74, 6) is 2.05. The Hall–Kier alpha value is -3.69. The summed E-state index contributed by atoms with van der Waals surface area (Å²) in [5, 5.41) is 11.3. The molecule has 25 heavy (non-hydrogen) atoms. The summed E-state index contributed by atoms with van der Waals surface area (Å²) in [6.07, 6.45) is 4.37. The Kier molecular flexibility index (Phi) is 2.69. The van der Waals surface area contributed by atoms with E-state index >= 15 is 0 Å². The van der Waals surface area contributed by atoms with Gasteiger partial charge >= 0.3 is 6.09 Å². The monoisotopic (exact) mass is 336 g/mol. The number of imidazole rings is 1. The molecule has 0 spiro atoms. The number of hydrogen-bond acceptors (Lipinski definition) is 8. The third-order valence-corrected chi connectivity index (χ3v) is 4.18. The van der Waals surface area contributed by atoms with Gasteiger partial charge in [0.25, 0.3) is 0 Å². The second-order valence-electron chi connectivity index (χ2n) is 5.45. The molecule has 0 N–H and O–H groups in total. The molecule has 5 rings (SSSR count). The van der Waals surface area contributed by atoms with Crippen LogP contribution in [0, 0.1) is 0 Å². The van der Waals surface area contributed by atoms with Crippen LogP contribution >= 0.6 is 0 Å². The zero-order valence-electron chi connectivity index (χ0n) is 13.1. The Labute approximate surface area is 141 Å². The van der Waals surface area contributed by atoms with Crippen molar-refractivity contribution in [3.63, 3.8) is 0 Å². The topological polar surface area (TPSA) is 93.7 Å². The van der Waals surface area contributed by atoms with Crippen molar-refractivity contribution in [1.29, 1.82) is 0 Å². The lowest BCUT2D eigenvalue weighted by Crippen LogP contribution is -2.46. The summed E-state index contributed by atoms with van der Waals surface area (Å²) in [6, 6.07) is 7.96. The third-order valence-electron chi connectivity index (χ3n) is 4.18. The number of rotatable bonds is 1. The van der Waals surface area contributed by atoms with Crippen molar-refractivity contribution in [3.8, 4) is 5.69 Å². The molecule has 2 aliphatic heterocycles. The Morgan fingerprint density at radius 2 is 2.08 bits per heavy atom. The number of hydrazine groups is 1. The van der Waals surface area contributed by atoms with E-state index in [1.165, 1.54) is 13.3 Å². The minimum absolute atomic E-state index is 0.319. The second kappa shape index (κ2) is 4.90. The number of fused-ring (bicyclic) bond motifs is 6. The van der Waals surface area contributed by atoms with Crippen molar-refractivity contribution >= 4 is 23.6 Å². The molecule has 0 unspecified atom stereocenters. The highest BCUT2D eigenvalue weighted by atomic mass is 16.5. The molecule has 0 aliphatic carbocycles. The van der Waals surface area contributed by atoms with E-state index in [4.69, 9.17) is 4.74 Å². The van der Waals surface area contributed by atoms with Gasteiger partial charge in [0.05, 0.1) is 25.2 Å². The van der Waals surface area contributed by atoms with Gasteiger partial charge in [0.2, 0.25) is 0 Å². The number of methoxy groups -OCH3 is 1. The molecule has 124 valence electrons. The first kappa shape index (κ1) is 13.7. The van der Waals surface area contributed by atoms with Gasteiger partial charge in [0.1, 0.15) is 13.0 Å². The minimum Gasteiger partial charge on any atom is -0.451 e. The van der Waals surface area contributed by atoms with E-state index in [2.05, 4.69) is 20.3 Å². The van der Waals surface area contributed by atoms with Gasteiger partial charge < -0.3 is 4.74 Å². The van der Waals surface area contributed by atoms with Crippen LogP contribution in [0.5, 0.6) is 0 Å². The molecular weight excluding hydrogens is 324 g/mol. The predicted molar refractivity (Wildman–Crippen MR) is 87.8 cm³/mol. The van der Waals surface area contributed by atoms with Gasteiger partial charge in [-0.1, -0.05) is 17.3 Å². The quantitative estimate of drug-likeness (QED) is 0.655. The Morgan fingerprint density at radius 1 is 1.20 bits per heavy atom. The second-order valence-corrected chi connectivity index (χ2v) is 5.45. The molecule has 3 aromatic rings. The number of ether oxygens (including phenoxy) is 1. The van der Waals surface area contributed by atoms with E-state index in [-0.39, 0.29) is 0 Å². The highest BCUT2D eigenvalue weighted by molar-refractivity contribution is 6.16. The van der Waals surface area contributed by atoms with Gasteiger partial charge in [-0.25, -0.2) is 24.8 Å². The maximum atomic E-state index is 11.9. The van der Waals surface area contributed by atoms with Crippen LogP contribution in [0.4, 0.5) is 16.4 Å². The summed E-state index contributed by atoms with van der Waals surface area (Å²) in [7, 11) is 1.30. The summed E-state index contributed by atoms with van der Waals surface area (Å²) in [4.78, 5) is 20.9. The number of aromatic nitrogens is 5. The van der Waals surface area contributed by atoms with Crippen LogP contribution in [0.25, 0.3) is 5.69 Å². The van der Waals surface area contributed by atoms with E-state index in [0.29, 0.717) is 12.5 Å². The van der Waals surface area contributed by atoms with Crippen molar-refractivity contribution in [2.45, 2.75) is 0 Å². The SMILES string of the molecule is COC(=O)n1nncc1N1CN=C2c3ccccc3-n3cncc3N21. The highest BCUT2D eigenvalue weighted by Crippen LogP contribution is 2.35.